The van der Waals surface area contributed by atoms with Crippen LogP contribution in [0.1, 0.15) is 45.7 Å². The Morgan fingerprint density at radius 1 is 1.12 bits per heavy atom. The number of piperidine rings is 2. The summed E-state index contributed by atoms with van der Waals surface area (Å²) in [5.74, 6) is 0.546. The van der Waals surface area contributed by atoms with Crippen LogP contribution in [0.2, 0.25) is 0 Å². The van der Waals surface area contributed by atoms with Gasteiger partial charge in [0.2, 0.25) is 0 Å². The summed E-state index contributed by atoms with van der Waals surface area (Å²) in [6, 6.07) is 10.2. The highest BCUT2D eigenvalue weighted by Crippen LogP contribution is 2.27. The molecule has 1 unspecified atom stereocenters. The number of likely N-dealkylation sites (tertiary alicyclic amines) is 1. The molecule has 2 aliphatic heterocycles. The third-order valence-corrected chi connectivity index (χ3v) is 6.67. The number of hydrogen-bond acceptors (Lipinski definition) is 6. The molecule has 180 valence electrons. The molecule has 1 aromatic heterocycles. The van der Waals surface area contributed by atoms with Gasteiger partial charge in [0.1, 0.15) is 11.9 Å². The maximum Gasteiger partial charge on any atom is 0.253 e. The molecule has 2 aliphatic rings. The number of alkyl halides is 1. The summed E-state index contributed by atoms with van der Waals surface area (Å²) in [5.41, 5.74) is 2.55. The van der Waals surface area contributed by atoms with Crippen molar-refractivity contribution < 1.29 is 18.7 Å². The largest absolute Gasteiger partial charge is 0.497 e. The van der Waals surface area contributed by atoms with Crippen LogP contribution in [0.5, 0.6) is 5.75 Å². The molecule has 0 spiro atoms. The van der Waals surface area contributed by atoms with Gasteiger partial charge in [-0.3, -0.25) is 14.6 Å². The molecule has 1 aromatic carbocycles. The monoisotopic (exact) mass is 466 g/mol. The van der Waals surface area contributed by atoms with Crippen molar-refractivity contribution in [1.29, 1.82) is 0 Å². The van der Waals surface area contributed by atoms with E-state index in [1.807, 2.05) is 24.3 Å². The number of hydrogen-bond donors (Lipinski definition) is 2. The van der Waals surface area contributed by atoms with E-state index in [4.69, 9.17) is 4.74 Å². The number of nitrogens with one attached hydrogen (secondary N) is 2. The number of Topliss-reactive ketones (excluding diaryl/α,β-unsaturated/α-hetero) is 1. The van der Waals surface area contributed by atoms with Crippen LogP contribution < -0.4 is 15.4 Å². The smallest absolute Gasteiger partial charge is 0.253 e. The number of halogens is 1. The molecule has 34 heavy (non-hydrogen) atoms. The average molecular weight is 467 g/mol. The zero-order valence-corrected chi connectivity index (χ0v) is 19.4. The Labute approximate surface area is 199 Å². The Bertz CT molecular complexity index is 1020. The molecule has 2 atom stereocenters. The zero-order valence-electron chi connectivity index (χ0n) is 19.4. The van der Waals surface area contributed by atoms with Gasteiger partial charge in [-0.15, -0.1) is 0 Å². The number of aromatic nitrogens is 1. The molecule has 2 saturated heterocycles. The minimum Gasteiger partial charge on any atom is -0.497 e. The second kappa shape index (κ2) is 10.8. The van der Waals surface area contributed by atoms with E-state index in [0.29, 0.717) is 42.9 Å². The van der Waals surface area contributed by atoms with E-state index in [2.05, 4.69) is 27.1 Å². The summed E-state index contributed by atoms with van der Waals surface area (Å²) < 4.78 is 19.1. The van der Waals surface area contributed by atoms with Gasteiger partial charge in [0.25, 0.3) is 5.91 Å². The maximum atomic E-state index is 14.0. The van der Waals surface area contributed by atoms with E-state index < -0.39 is 12.2 Å². The summed E-state index contributed by atoms with van der Waals surface area (Å²) in [5, 5.41) is 5.74. The van der Waals surface area contributed by atoms with Gasteiger partial charge in [0.05, 0.1) is 30.1 Å². The topological polar surface area (TPSA) is 83.6 Å². The summed E-state index contributed by atoms with van der Waals surface area (Å²) in [7, 11) is 1.60. The molecular weight excluding hydrogens is 435 g/mol. The van der Waals surface area contributed by atoms with Gasteiger partial charge in [-0.05, 0) is 62.2 Å². The number of ketones is 1. The highest BCUT2D eigenvalue weighted by Gasteiger charge is 2.28. The standard InChI is InChI=1S/C26H31FN4O3/c1-17(23-8-5-20(15-29-23)26(33)30-24-9-12-28-16-22(24)27)31-13-10-19(11-14-31)25(32)18-3-6-21(34-2)7-4-18/h3-8,15,19,22,24,28H,1,9-14,16H2,2H3,(H,30,33)/t22-,24?/m1/s1. The van der Waals surface area contributed by atoms with Gasteiger partial charge in [0, 0.05) is 37.3 Å². The number of methoxy groups -OCH3 is 1. The van der Waals surface area contributed by atoms with Gasteiger partial charge in [-0.25, -0.2) is 4.39 Å². The van der Waals surface area contributed by atoms with E-state index in [0.717, 1.165) is 24.3 Å². The maximum absolute atomic E-state index is 14.0. The van der Waals surface area contributed by atoms with Gasteiger partial charge in [-0.1, -0.05) is 6.58 Å². The molecule has 0 radical (unpaired) electrons. The first-order chi connectivity index (χ1) is 16.5. The number of amides is 1. The summed E-state index contributed by atoms with van der Waals surface area (Å²) in [6.07, 6.45) is 2.45. The Kier molecular flexibility index (Phi) is 7.57. The minimum atomic E-state index is -1.09. The number of rotatable bonds is 7. The molecule has 0 bridgehead atoms. The van der Waals surface area contributed by atoms with Crippen LogP contribution in [-0.2, 0) is 0 Å². The molecule has 2 fully saturated rings. The summed E-state index contributed by atoms with van der Waals surface area (Å²) in [6.45, 7) is 6.54. The summed E-state index contributed by atoms with van der Waals surface area (Å²) in [4.78, 5) is 31.9. The number of nitrogens with zero attached hydrogens (tertiary/aromatic N) is 2. The predicted octanol–water partition coefficient (Wildman–Crippen LogP) is 3.09. The third-order valence-electron chi connectivity index (χ3n) is 6.67. The van der Waals surface area contributed by atoms with Crippen molar-refractivity contribution in [2.45, 2.75) is 31.5 Å². The SMILES string of the molecule is C=C(c1ccc(C(=O)NC2CCNC[C@H]2F)cn1)N1CCC(C(=O)c2ccc(OC)cc2)CC1. The predicted molar refractivity (Wildman–Crippen MR) is 129 cm³/mol. The van der Waals surface area contributed by atoms with Crippen molar-refractivity contribution in [1.82, 2.24) is 20.5 Å². The van der Waals surface area contributed by atoms with Crippen molar-refractivity contribution in [3.63, 3.8) is 0 Å². The lowest BCUT2D eigenvalue weighted by Gasteiger charge is -2.34. The molecule has 4 rings (SSSR count). The average Bonchev–Trinajstić information content (AvgIpc) is 2.89. The lowest BCUT2D eigenvalue weighted by Crippen LogP contribution is -2.50. The first kappa shape index (κ1) is 23.9. The zero-order chi connectivity index (χ0) is 24.1. The van der Waals surface area contributed by atoms with Crippen LogP contribution in [0.3, 0.4) is 0 Å². The number of pyridine rings is 1. The van der Waals surface area contributed by atoms with Crippen LogP contribution in [0.15, 0.2) is 49.2 Å². The van der Waals surface area contributed by atoms with Crippen LogP contribution in [0.4, 0.5) is 4.39 Å². The number of ether oxygens (including phenoxy) is 1. The molecule has 2 N–H and O–H groups in total. The van der Waals surface area contributed by atoms with Crippen molar-refractivity contribution in [3.8, 4) is 5.75 Å². The van der Waals surface area contributed by atoms with Gasteiger partial charge >= 0.3 is 0 Å². The molecule has 2 aromatic rings. The van der Waals surface area contributed by atoms with Crippen LogP contribution >= 0.6 is 0 Å². The Morgan fingerprint density at radius 3 is 2.44 bits per heavy atom. The second-order valence-corrected chi connectivity index (χ2v) is 8.82. The first-order valence-electron chi connectivity index (χ1n) is 11.7. The molecule has 8 heteroatoms. The van der Waals surface area contributed by atoms with E-state index in [9.17, 15) is 14.0 Å². The van der Waals surface area contributed by atoms with E-state index in [1.54, 1.807) is 19.2 Å². The first-order valence-corrected chi connectivity index (χ1v) is 11.7. The van der Waals surface area contributed by atoms with Crippen LogP contribution in [0, 0.1) is 5.92 Å². The normalized spacial score (nSPS) is 21.1. The number of benzene rings is 1. The van der Waals surface area contributed by atoms with Crippen molar-refractivity contribution in [2.75, 3.05) is 33.3 Å². The van der Waals surface area contributed by atoms with E-state index >= 15 is 0 Å². The number of carbonyl (C=O) groups is 2. The van der Waals surface area contributed by atoms with Gasteiger partial charge < -0.3 is 20.3 Å². The van der Waals surface area contributed by atoms with E-state index in [1.165, 1.54) is 6.20 Å². The molecule has 0 aliphatic carbocycles. The van der Waals surface area contributed by atoms with Gasteiger partial charge in [0.15, 0.2) is 5.78 Å². The minimum absolute atomic E-state index is 0.0224. The lowest BCUT2D eigenvalue weighted by atomic mass is 9.88. The Balaban J connectivity index is 1.30. The van der Waals surface area contributed by atoms with Crippen LogP contribution in [-0.4, -0.2) is 67.1 Å². The molecule has 0 saturated carbocycles. The Morgan fingerprint density at radius 2 is 1.82 bits per heavy atom. The van der Waals surface area contributed by atoms with E-state index in [-0.39, 0.29) is 24.2 Å². The van der Waals surface area contributed by atoms with Crippen LogP contribution in [0.25, 0.3) is 5.70 Å². The van der Waals surface area contributed by atoms with Gasteiger partial charge in [-0.2, -0.15) is 0 Å². The fourth-order valence-electron chi connectivity index (χ4n) is 4.50. The highest BCUT2D eigenvalue weighted by atomic mass is 19.1. The lowest BCUT2D eigenvalue weighted by molar-refractivity contribution is 0.0867. The van der Waals surface area contributed by atoms with Crippen molar-refractivity contribution in [2.24, 2.45) is 5.92 Å². The molecule has 1 amide bonds. The fraction of sp³-hybridized carbons (Fsp3) is 0.423. The quantitative estimate of drug-likeness (QED) is 0.611. The second-order valence-electron chi connectivity index (χ2n) is 8.82. The molecular formula is C26H31FN4O3. The fourth-order valence-corrected chi connectivity index (χ4v) is 4.50. The van der Waals surface area contributed by atoms with Crippen molar-refractivity contribution >= 4 is 17.4 Å². The van der Waals surface area contributed by atoms with Crippen molar-refractivity contribution in [3.05, 3.63) is 66.0 Å². The molecule has 3 heterocycles. The summed E-state index contributed by atoms with van der Waals surface area (Å²) >= 11 is 0. The number of carbonyl (C=O) groups excluding carboxylic acids is 2. The molecule has 7 nitrogen and oxygen atoms in total. The highest BCUT2D eigenvalue weighted by molar-refractivity contribution is 5.98. The third kappa shape index (κ3) is 5.44. The Hall–Kier alpha value is -3.26.